The number of alkyl halides is 3. The summed E-state index contributed by atoms with van der Waals surface area (Å²) < 4.78 is 63.9. The number of aliphatic imine (C=N–C) groups is 1. The van der Waals surface area contributed by atoms with Crippen LogP contribution in [0.4, 0.5) is 22.0 Å². The van der Waals surface area contributed by atoms with Gasteiger partial charge in [0.25, 0.3) is 0 Å². The first-order chi connectivity index (χ1) is 12.3. The fourth-order valence-electron chi connectivity index (χ4n) is 2.87. The van der Waals surface area contributed by atoms with Gasteiger partial charge in [-0.3, -0.25) is 9.89 Å². The Morgan fingerprint density at radius 3 is 2.73 bits per heavy atom. The first kappa shape index (κ1) is 20.4. The quantitative estimate of drug-likeness (QED) is 0.454. The van der Waals surface area contributed by atoms with Crippen molar-refractivity contribution in [2.75, 3.05) is 32.7 Å². The third-order valence-electron chi connectivity index (χ3n) is 4.03. The molecule has 146 valence electrons. The normalized spacial score (nSPS) is 19.0. The van der Waals surface area contributed by atoms with E-state index in [0.29, 0.717) is 37.5 Å². The van der Waals surface area contributed by atoms with Crippen LogP contribution in [0.2, 0.25) is 0 Å². The lowest BCUT2D eigenvalue weighted by molar-refractivity contribution is -0.143. The smallest absolute Gasteiger partial charge is 0.357 e. The van der Waals surface area contributed by atoms with Crippen LogP contribution in [-0.4, -0.2) is 55.8 Å². The third-order valence-corrected chi connectivity index (χ3v) is 4.03. The molecule has 0 aromatic heterocycles. The van der Waals surface area contributed by atoms with Crippen LogP contribution >= 0.6 is 0 Å². The SMILES string of the molecule is CCNC(=NCCc1ccc(F)cc1F)NC1CCN(CC(F)(F)F)C1. The molecule has 1 aromatic carbocycles. The van der Waals surface area contributed by atoms with E-state index < -0.39 is 24.4 Å². The first-order valence-corrected chi connectivity index (χ1v) is 8.54. The van der Waals surface area contributed by atoms with Crippen LogP contribution < -0.4 is 10.6 Å². The molecule has 1 aromatic rings. The molecular formula is C17H23F5N4. The molecule has 0 aliphatic carbocycles. The van der Waals surface area contributed by atoms with Gasteiger partial charge in [0.2, 0.25) is 0 Å². The van der Waals surface area contributed by atoms with Gasteiger partial charge >= 0.3 is 6.18 Å². The van der Waals surface area contributed by atoms with Gasteiger partial charge in [0, 0.05) is 38.3 Å². The average molecular weight is 378 g/mol. The van der Waals surface area contributed by atoms with Crippen molar-refractivity contribution in [2.45, 2.75) is 32.0 Å². The number of likely N-dealkylation sites (tertiary alicyclic amines) is 1. The van der Waals surface area contributed by atoms with Crippen molar-refractivity contribution in [3.63, 3.8) is 0 Å². The first-order valence-electron chi connectivity index (χ1n) is 8.54. The van der Waals surface area contributed by atoms with Gasteiger partial charge < -0.3 is 10.6 Å². The van der Waals surface area contributed by atoms with E-state index in [2.05, 4.69) is 15.6 Å². The van der Waals surface area contributed by atoms with Crippen LogP contribution in [0.3, 0.4) is 0 Å². The maximum Gasteiger partial charge on any atom is 0.401 e. The number of nitrogens with one attached hydrogen (secondary N) is 2. The van der Waals surface area contributed by atoms with Crippen LogP contribution in [0.15, 0.2) is 23.2 Å². The fourth-order valence-corrected chi connectivity index (χ4v) is 2.87. The zero-order valence-corrected chi connectivity index (χ0v) is 14.5. The topological polar surface area (TPSA) is 39.7 Å². The van der Waals surface area contributed by atoms with Crippen LogP contribution in [0, 0.1) is 11.6 Å². The minimum absolute atomic E-state index is 0.127. The molecule has 1 aliphatic heterocycles. The Morgan fingerprint density at radius 1 is 1.31 bits per heavy atom. The Balaban J connectivity index is 1.87. The summed E-state index contributed by atoms with van der Waals surface area (Å²) in [5.74, 6) is -0.764. The van der Waals surface area contributed by atoms with Crippen molar-refractivity contribution in [1.82, 2.24) is 15.5 Å². The van der Waals surface area contributed by atoms with Crippen molar-refractivity contribution >= 4 is 5.96 Å². The molecular weight excluding hydrogens is 355 g/mol. The van der Waals surface area contributed by atoms with E-state index in [4.69, 9.17) is 0 Å². The monoisotopic (exact) mass is 378 g/mol. The number of nitrogens with zero attached hydrogens (tertiary/aromatic N) is 2. The molecule has 1 saturated heterocycles. The van der Waals surface area contributed by atoms with Crippen LogP contribution in [0.5, 0.6) is 0 Å². The number of benzene rings is 1. The number of hydrogen-bond donors (Lipinski definition) is 2. The highest BCUT2D eigenvalue weighted by atomic mass is 19.4. The summed E-state index contributed by atoms with van der Waals surface area (Å²) >= 11 is 0. The van der Waals surface area contributed by atoms with Gasteiger partial charge in [0.05, 0.1) is 6.54 Å². The molecule has 1 fully saturated rings. The predicted octanol–water partition coefficient (Wildman–Crippen LogP) is 2.70. The number of rotatable bonds is 6. The van der Waals surface area contributed by atoms with Crippen molar-refractivity contribution in [3.05, 3.63) is 35.4 Å². The van der Waals surface area contributed by atoms with E-state index in [9.17, 15) is 22.0 Å². The second kappa shape index (κ2) is 9.16. The molecule has 0 amide bonds. The van der Waals surface area contributed by atoms with E-state index in [1.807, 2.05) is 6.92 Å². The van der Waals surface area contributed by atoms with Gasteiger partial charge in [-0.25, -0.2) is 8.78 Å². The lowest BCUT2D eigenvalue weighted by Crippen LogP contribution is -2.45. The third kappa shape index (κ3) is 6.78. The van der Waals surface area contributed by atoms with E-state index in [-0.39, 0.29) is 19.1 Å². The molecule has 1 aliphatic rings. The predicted molar refractivity (Wildman–Crippen MR) is 90.1 cm³/mol. The van der Waals surface area contributed by atoms with Gasteiger partial charge in [-0.1, -0.05) is 6.07 Å². The molecule has 1 atom stereocenters. The van der Waals surface area contributed by atoms with Gasteiger partial charge in [-0.2, -0.15) is 13.2 Å². The summed E-state index contributed by atoms with van der Waals surface area (Å²) in [4.78, 5) is 5.68. The Morgan fingerprint density at radius 2 is 2.08 bits per heavy atom. The molecule has 4 nitrogen and oxygen atoms in total. The van der Waals surface area contributed by atoms with Gasteiger partial charge in [0.1, 0.15) is 11.6 Å². The lowest BCUT2D eigenvalue weighted by atomic mass is 10.1. The maximum absolute atomic E-state index is 13.6. The summed E-state index contributed by atoms with van der Waals surface area (Å²) in [6.45, 7) is 2.49. The summed E-state index contributed by atoms with van der Waals surface area (Å²) in [7, 11) is 0. The van der Waals surface area contributed by atoms with Crippen molar-refractivity contribution < 1.29 is 22.0 Å². The largest absolute Gasteiger partial charge is 0.401 e. The van der Waals surface area contributed by atoms with Crippen LogP contribution in [0.1, 0.15) is 18.9 Å². The fraction of sp³-hybridized carbons (Fsp3) is 0.588. The summed E-state index contributed by atoms with van der Waals surface area (Å²) in [6, 6.07) is 3.28. The number of hydrogen-bond acceptors (Lipinski definition) is 2. The molecule has 2 N–H and O–H groups in total. The summed E-state index contributed by atoms with van der Waals surface area (Å²) in [6.07, 6.45) is -3.31. The second-order valence-corrected chi connectivity index (χ2v) is 6.23. The molecule has 0 spiro atoms. The summed E-state index contributed by atoms with van der Waals surface area (Å²) in [5.41, 5.74) is 0.364. The molecule has 0 saturated carbocycles. The number of halogens is 5. The molecule has 1 unspecified atom stereocenters. The van der Waals surface area contributed by atoms with E-state index in [1.165, 1.54) is 17.0 Å². The van der Waals surface area contributed by atoms with Crippen molar-refractivity contribution in [2.24, 2.45) is 4.99 Å². The zero-order chi connectivity index (χ0) is 19.2. The summed E-state index contributed by atoms with van der Waals surface area (Å²) in [5, 5.41) is 6.15. The van der Waals surface area contributed by atoms with Gasteiger partial charge in [-0.15, -0.1) is 0 Å². The van der Waals surface area contributed by atoms with Crippen LogP contribution in [-0.2, 0) is 6.42 Å². The molecule has 26 heavy (non-hydrogen) atoms. The Bertz CT molecular complexity index is 618. The minimum Gasteiger partial charge on any atom is -0.357 e. The van der Waals surface area contributed by atoms with Crippen molar-refractivity contribution in [3.8, 4) is 0 Å². The molecule has 0 bridgehead atoms. The molecule has 9 heteroatoms. The highest BCUT2D eigenvalue weighted by Crippen LogP contribution is 2.19. The Labute approximate surface area is 149 Å². The maximum atomic E-state index is 13.6. The van der Waals surface area contributed by atoms with Crippen LogP contribution in [0.25, 0.3) is 0 Å². The molecule has 2 rings (SSSR count). The van der Waals surface area contributed by atoms with E-state index in [1.54, 1.807) is 0 Å². The minimum atomic E-state index is -4.20. The highest BCUT2D eigenvalue weighted by Gasteiger charge is 2.34. The van der Waals surface area contributed by atoms with E-state index >= 15 is 0 Å². The average Bonchev–Trinajstić information content (AvgIpc) is 2.94. The van der Waals surface area contributed by atoms with Gasteiger partial charge in [-0.05, 0) is 31.4 Å². The second-order valence-electron chi connectivity index (χ2n) is 6.23. The number of guanidine groups is 1. The Hall–Kier alpha value is -1.90. The lowest BCUT2D eigenvalue weighted by Gasteiger charge is -2.19. The van der Waals surface area contributed by atoms with Crippen molar-refractivity contribution in [1.29, 1.82) is 0 Å². The van der Waals surface area contributed by atoms with Gasteiger partial charge in [0.15, 0.2) is 5.96 Å². The highest BCUT2D eigenvalue weighted by molar-refractivity contribution is 5.80. The Kier molecular flexibility index (Phi) is 7.19. The standard InChI is InChI=1S/C17H23F5N4/c1-2-23-16(24-7-5-12-3-4-13(18)9-15(12)19)25-14-6-8-26(10-14)11-17(20,21)22/h3-4,9,14H,2,5-8,10-11H2,1H3,(H2,23,24,25). The van der Waals surface area contributed by atoms with E-state index in [0.717, 1.165) is 6.07 Å². The molecule has 1 heterocycles. The zero-order valence-electron chi connectivity index (χ0n) is 14.5. The molecule has 0 radical (unpaired) electrons.